The molecule has 1 saturated heterocycles. The number of benzene rings is 1. The van der Waals surface area contributed by atoms with E-state index in [2.05, 4.69) is 17.1 Å². The van der Waals surface area contributed by atoms with Crippen molar-refractivity contribution < 1.29 is 4.92 Å². The molecule has 18 heavy (non-hydrogen) atoms. The molecule has 5 nitrogen and oxygen atoms in total. The number of hydrogen-bond donors (Lipinski definition) is 1. The van der Waals surface area contributed by atoms with Crippen LogP contribution in [0.25, 0.3) is 0 Å². The van der Waals surface area contributed by atoms with Crippen LogP contribution in [0.5, 0.6) is 0 Å². The van der Waals surface area contributed by atoms with Crippen molar-refractivity contribution in [1.82, 2.24) is 0 Å². The highest BCUT2D eigenvalue weighted by atomic mass is 32.2. The van der Waals surface area contributed by atoms with E-state index in [4.69, 9.17) is 0 Å². The van der Waals surface area contributed by atoms with Gasteiger partial charge in [-0.1, -0.05) is 6.07 Å². The molecule has 6 heteroatoms. The molecule has 0 amide bonds. The summed E-state index contributed by atoms with van der Waals surface area (Å²) in [6, 6.07) is 5.77. The van der Waals surface area contributed by atoms with E-state index >= 15 is 0 Å². The largest absolute Gasteiger partial charge is 0.382 e. The highest BCUT2D eigenvalue weighted by molar-refractivity contribution is 7.99. The molecule has 1 N–H and O–H groups in total. The molecule has 98 valence electrons. The molecule has 1 heterocycles. The van der Waals surface area contributed by atoms with E-state index in [0.29, 0.717) is 11.7 Å². The Morgan fingerprint density at radius 3 is 2.94 bits per heavy atom. The molecular formula is C12H17N3O2S. The van der Waals surface area contributed by atoms with E-state index < -0.39 is 0 Å². The van der Waals surface area contributed by atoms with Gasteiger partial charge in [0.05, 0.1) is 4.92 Å². The van der Waals surface area contributed by atoms with Gasteiger partial charge in [0.25, 0.3) is 0 Å². The first-order valence-electron chi connectivity index (χ1n) is 5.94. The Morgan fingerprint density at radius 2 is 2.33 bits per heavy atom. The molecule has 1 aliphatic heterocycles. The fraction of sp³-hybridized carbons (Fsp3) is 0.500. The van der Waals surface area contributed by atoms with Crippen molar-refractivity contribution in [1.29, 1.82) is 0 Å². The van der Waals surface area contributed by atoms with E-state index in [-0.39, 0.29) is 10.6 Å². The van der Waals surface area contributed by atoms with Gasteiger partial charge in [-0.05, 0) is 19.1 Å². The van der Waals surface area contributed by atoms with Crippen LogP contribution in [0.2, 0.25) is 0 Å². The summed E-state index contributed by atoms with van der Waals surface area (Å²) in [7, 11) is 1.71. The number of nitro groups is 1. The number of hydrogen-bond acceptors (Lipinski definition) is 5. The zero-order valence-corrected chi connectivity index (χ0v) is 11.4. The van der Waals surface area contributed by atoms with E-state index in [1.165, 1.54) is 0 Å². The molecular weight excluding hydrogens is 250 g/mol. The smallest absolute Gasteiger partial charge is 0.315 e. The zero-order valence-electron chi connectivity index (χ0n) is 10.5. The maximum Gasteiger partial charge on any atom is 0.315 e. The summed E-state index contributed by atoms with van der Waals surface area (Å²) in [5, 5.41) is 14.2. The van der Waals surface area contributed by atoms with Crippen LogP contribution < -0.4 is 10.2 Å². The molecule has 1 unspecified atom stereocenters. The first-order valence-corrected chi connectivity index (χ1v) is 7.10. The van der Waals surface area contributed by atoms with Gasteiger partial charge in [0, 0.05) is 31.1 Å². The fourth-order valence-corrected chi connectivity index (χ4v) is 3.26. The molecule has 0 bridgehead atoms. The van der Waals surface area contributed by atoms with Gasteiger partial charge >= 0.3 is 5.69 Å². The van der Waals surface area contributed by atoms with E-state index in [0.717, 1.165) is 23.7 Å². The molecule has 1 aromatic rings. The second-order valence-electron chi connectivity index (χ2n) is 4.30. The van der Waals surface area contributed by atoms with Crippen LogP contribution in [-0.2, 0) is 0 Å². The maximum absolute atomic E-state index is 11.3. The summed E-state index contributed by atoms with van der Waals surface area (Å²) >= 11 is 1.90. The summed E-state index contributed by atoms with van der Waals surface area (Å²) in [6.45, 7) is 2.97. The minimum atomic E-state index is -0.296. The third kappa shape index (κ3) is 2.38. The fourth-order valence-electron chi connectivity index (χ4n) is 2.24. The van der Waals surface area contributed by atoms with Gasteiger partial charge in [-0.2, -0.15) is 11.8 Å². The highest BCUT2D eigenvalue weighted by Gasteiger charge is 2.27. The SMILES string of the molecule is CNc1cccc(N2CCSCC2C)c1[N+](=O)[O-]. The molecule has 1 aromatic carbocycles. The third-order valence-corrected chi connectivity index (χ3v) is 4.33. The van der Waals surface area contributed by atoms with Gasteiger partial charge in [-0.25, -0.2) is 0 Å². The van der Waals surface area contributed by atoms with Crippen LogP contribution >= 0.6 is 11.8 Å². The lowest BCUT2D eigenvalue weighted by molar-refractivity contribution is -0.383. The van der Waals surface area contributed by atoms with Crippen molar-refractivity contribution in [3.8, 4) is 0 Å². The molecule has 0 aromatic heterocycles. The Labute approximate surface area is 111 Å². The average Bonchev–Trinajstić information content (AvgIpc) is 2.38. The van der Waals surface area contributed by atoms with Crippen molar-refractivity contribution in [3.63, 3.8) is 0 Å². The van der Waals surface area contributed by atoms with Gasteiger partial charge in [0.2, 0.25) is 0 Å². The van der Waals surface area contributed by atoms with Crippen LogP contribution in [0.3, 0.4) is 0 Å². The number of nitrogens with one attached hydrogen (secondary N) is 1. The van der Waals surface area contributed by atoms with Crippen LogP contribution in [-0.4, -0.2) is 36.1 Å². The number of rotatable bonds is 3. The number of nitrogens with zero attached hydrogens (tertiary/aromatic N) is 2. The Hall–Kier alpha value is -1.43. The van der Waals surface area contributed by atoms with Crippen molar-refractivity contribution in [3.05, 3.63) is 28.3 Å². The second-order valence-corrected chi connectivity index (χ2v) is 5.45. The zero-order chi connectivity index (χ0) is 13.1. The Bertz CT molecular complexity index is 453. The van der Waals surface area contributed by atoms with Crippen LogP contribution in [0, 0.1) is 10.1 Å². The van der Waals surface area contributed by atoms with Crippen LogP contribution in [0.1, 0.15) is 6.92 Å². The Morgan fingerprint density at radius 1 is 1.56 bits per heavy atom. The quantitative estimate of drug-likeness (QED) is 0.674. The summed E-state index contributed by atoms with van der Waals surface area (Å²) in [6.07, 6.45) is 0. The lowest BCUT2D eigenvalue weighted by atomic mass is 10.1. The number of nitro benzene ring substituents is 1. The Kier molecular flexibility index (Phi) is 3.96. The van der Waals surface area contributed by atoms with Crippen molar-refractivity contribution in [2.24, 2.45) is 0 Å². The van der Waals surface area contributed by atoms with Crippen molar-refractivity contribution in [2.45, 2.75) is 13.0 Å². The first kappa shape index (κ1) is 13.0. The van der Waals surface area contributed by atoms with Gasteiger partial charge in [0.15, 0.2) is 0 Å². The number of para-hydroxylation sites is 1. The molecule has 0 aliphatic carbocycles. The monoisotopic (exact) mass is 267 g/mol. The van der Waals surface area contributed by atoms with Crippen LogP contribution in [0.15, 0.2) is 18.2 Å². The number of anilines is 2. The predicted octanol–water partition coefficient (Wildman–Crippen LogP) is 2.58. The topological polar surface area (TPSA) is 58.4 Å². The summed E-state index contributed by atoms with van der Waals surface area (Å²) < 4.78 is 0. The molecule has 0 spiro atoms. The molecule has 0 saturated carbocycles. The summed E-state index contributed by atoms with van der Waals surface area (Å²) in [5.41, 5.74) is 1.47. The molecule has 1 aliphatic rings. The highest BCUT2D eigenvalue weighted by Crippen LogP contribution is 2.37. The lowest BCUT2D eigenvalue weighted by Crippen LogP contribution is -2.40. The summed E-state index contributed by atoms with van der Waals surface area (Å²) in [5.74, 6) is 2.03. The van der Waals surface area contributed by atoms with E-state index in [1.54, 1.807) is 13.1 Å². The maximum atomic E-state index is 11.3. The van der Waals surface area contributed by atoms with Gasteiger partial charge in [-0.3, -0.25) is 10.1 Å². The lowest BCUT2D eigenvalue weighted by Gasteiger charge is -2.34. The Balaban J connectivity index is 2.45. The minimum absolute atomic E-state index is 0.179. The van der Waals surface area contributed by atoms with Gasteiger partial charge < -0.3 is 10.2 Å². The van der Waals surface area contributed by atoms with Crippen molar-refractivity contribution in [2.75, 3.05) is 35.3 Å². The molecule has 0 radical (unpaired) electrons. The predicted molar refractivity (Wildman–Crippen MR) is 76.8 cm³/mol. The number of thioether (sulfide) groups is 1. The molecule has 1 atom stereocenters. The second kappa shape index (κ2) is 5.48. The van der Waals surface area contributed by atoms with Gasteiger partial charge in [-0.15, -0.1) is 0 Å². The molecule has 2 rings (SSSR count). The third-order valence-electron chi connectivity index (χ3n) is 3.14. The minimum Gasteiger partial charge on any atom is -0.382 e. The van der Waals surface area contributed by atoms with Crippen molar-refractivity contribution >= 4 is 28.8 Å². The van der Waals surface area contributed by atoms with Crippen LogP contribution in [0.4, 0.5) is 17.1 Å². The summed E-state index contributed by atoms with van der Waals surface area (Å²) in [4.78, 5) is 13.1. The molecule has 1 fully saturated rings. The first-order chi connectivity index (χ1) is 8.65. The van der Waals surface area contributed by atoms with E-state index in [1.807, 2.05) is 23.9 Å². The van der Waals surface area contributed by atoms with E-state index in [9.17, 15) is 10.1 Å². The average molecular weight is 267 g/mol. The standard InChI is InChI=1S/C12H17N3O2S/c1-9-8-18-7-6-14(9)11-5-3-4-10(13-2)12(11)15(16)17/h3-5,9,13H,6-8H2,1-2H3. The normalized spacial score (nSPS) is 19.7. The van der Waals surface area contributed by atoms with Gasteiger partial charge in [0.1, 0.15) is 11.4 Å².